The average molecular weight is 288 g/mol. The van der Waals surface area contributed by atoms with E-state index < -0.39 is 0 Å². The quantitative estimate of drug-likeness (QED) is 0.870. The lowest BCUT2D eigenvalue weighted by atomic mass is 10.0. The number of nitrogens with one attached hydrogen (secondary N) is 2. The van der Waals surface area contributed by atoms with E-state index in [2.05, 4.69) is 41.8 Å². The molecule has 1 saturated carbocycles. The molecule has 3 rings (SSSR count). The molecule has 0 spiro atoms. The van der Waals surface area contributed by atoms with Gasteiger partial charge in [-0.05, 0) is 31.2 Å². The van der Waals surface area contributed by atoms with Crippen LogP contribution in [0.3, 0.4) is 0 Å². The Labute approximate surface area is 126 Å². The van der Waals surface area contributed by atoms with Gasteiger partial charge in [0.15, 0.2) is 0 Å². The van der Waals surface area contributed by atoms with Crippen LogP contribution in [0, 0.1) is 12.8 Å². The Morgan fingerprint density at radius 1 is 1.38 bits per heavy atom. The lowest BCUT2D eigenvalue weighted by Crippen LogP contribution is -2.44. The Balaban J connectivity index is 1.59. The van der Waals surface area contributed by atoms with Crippen molar-refractivity contribution in [3.8, 4) is 0 Å². The smallest absolute Gasteiger partial charge is 0.222 e. The van der Waals surface area contributed by atoms with Gasteiger partial charge >= 0.3 is 0 Å². The largest absolute Gasteiger partial charge is 0.378 e. The maximum atomic E-state index is 12.3. The molecule has 21 heavy (non-hydrogen) atoms. The molecular weight excluding hydrogens is 264 g/mol. The van der Waals surface area contributed by atoms with Crippen LogP contribution in [0.5, 0.6) is 0 Å². The van der Waals surface area contributed by atoms with Gasteiger partial charge in [-0.3, -0.25) is 4.79 Å². The summed E-state index contributed by atoms with van der Waals surface area (Å²) in [6, 6.07) is 8.83. The van der Waals surface area contributed by atoms with E-state index in [0.717, 1.165) is 13.2 Å². The zero-order valence-corrected chi connectivity index (χ0v) is 12.6. The van der Waals surface area contributed by atoms with E-state index in [4.69, 9.17) is 4.74 Å². The molecule has 2 N–H and O–H groups in total. The van der Waals surface area contributed by atoms with Crippen LogP contribution in [0.25, 0.3) is 0 Å². The number of benzene rings is 1. The number of carbonyl (C=O) groups is 1. The highest BCUT2D eigenvalue weighted by Gasteiger charge is 2.33. The van der Waals surface area contributed by atoms with Crippen molar-refractivity contribution >= 4 is 5.91 Å². The zero-order valence-electron chi connectivity index (χ0n) is 12.6. The first-order valence-electron chi connectivity index (χ1n) is 7.89. The molecule has 1 saturated heterocycles. The zero-order chi connectivity index (χ0) is 14.7. The second-order valence-corrected chi connectivity index (χ2v) is 6.22. The summed E-state index contributed by atoms with van der Waals surface area (Å²) in [6.07, 6.45) is 2.92. The maximum Gasteiger partial charge on any atom is 0.222 e. The summed E-state index contributed by atoms with van der Waals surface area (Å²) in [5, 5.41) is 6.56. The fourth-order valence-electron chi connectivity index (χ4n) is 2.88. The van der Waals surface area contributed by atoms with Crippen LogP contribution in [-0.4, -0.2) is 31.7 Å². The minimum absolute atomic E-state index is 0.121. The van der Waals surface area contributed by atoms with Gasteiger partial charge in [-0.25, -0.2) is 0 Å². The van der Waals surface area contributed by atoms with E-state index in [1.165, 1.54) is 24.0 Å². The minimum atomic E-state index is 0.121. The van der Waals surface area contributed by atoms with Crippen molar-refractivity contribution in [2.75, 3.05) is 19.8 Å². The first kappa shape index (κ1) is 14.5. The Hall–Kier alpha value is -1.39. The Bertz CT molecular complexity index is 476. The number of morpholine rings is 1. The van der Waals surface area contributed by atoms with E-state index in [1.54, 1.807) is 0 Å². The molecule has 2 unspecified atom stereocenters. The topological polar surface area (TPSA) is 50.4 Å². The summed E-state index contributed by atoms with van der Waals surface area (Å²) in [4.78, 5) is 12.3. The van der Waals surface area contributed by atoms with E-state index in [1.807, 2.05) is 0 Å². The standard InChI is InChI=1S/C17H24N2O2/c1-12-2-4-13(5-3-12)17(14-6-7-14)19-16(20)10-15-11-21-9-8-18-15/h2-5,14-15,17-18H,6-11H2,1H3,(H,19,20). The van der Waals surface area contributed by atoms with Crippen LogP contribution in [0.4, 0.5) is 0 Å². The Morgan fingerprint density at radius 3 is 2.76 bits per heavy atom. The molecule has 0 radical (unpaired) electrons. The van der Waals surface area contributed by atoms with Crippen LogP contribution in [0.1, 0.15) is 36.4 Å². The molecule has 1 aliphatic carbocycles. The van der Waals surface area contributed by atoms with Crippen molar-refractivity contribution in [2.24, 2.45) is 5.92 Å². The van der Waals surface area contributed by atoms with Crippen LogP contribution >= 0.6 is 0 Å². The van der Waals surface area contributed by atoms with Gasteiger partial charge in [0.1, 0.15) is 0 Å². The van der Waals surface area contributed by atoms with E-state index in [-0.39, 0.29) is 18.0 Å². The molecule has 2 atom stereocenters. The second kappa shape index (κ2) is 6.58. The first-order chi connectivity index (χ1) is 10.2. The fraction of sp³-hybridized carbons (Fsp3) is 0.588. The molecule has 1 aliphatic heterocycles. The molecule has 1 amide bonds. The highest BCUT2D eigenvalue weighted by Crippen LogP contribution is 2.41. The van der Waals surface area contributed by atoms with E-state index >= 15 is 0 Å². The van der Waals surface area contributed by atoms with Crippen molar-refractivity contribution in [1.29, 1.82) is 0 Å². The molecule has 1 heterocycles. The molecule has 2 fully saturated rings. The van der Waals surface area contributed by atoms with Crippen molar-refractivity contribution in [2.45, 2.75) is 38.3 Å². The van der Waals surface area contributed by atoms with Gasteiger partial charge in [0.2, 0.25) is 5.91 Å². The summed E-state index contributed by atoms with van der Waals surface area (Å²) in [5.74, 6) is 0.725. The molecule has 4 nitrogen and oxygen atoms in total. The fourth-order valence-corrected chi connectivity index (χ4v) is 2.88. The minimum Gasteiger partial charge on any atom is -0.378 e. The third-order valence-electron chi connectivity index (χ3n) is 4.28. The van der Waals surface area contributed by atoms with Crippen molar-refractivity contribution in [1.82, 2.24) is 10.6 Å². The third kappa shape index (κ3) is 4.05. The molecule has 1 aromatic carbocycles. The SMILES string of the molecule is Cc1ccc(C(NC(=O)CC2COCCN2)C2CC2)cc1. The van der Waals surface area contributed by atoms with Gasteiger partial charge in [-0.2, -0.15) is 0 Å². The van der Waals surface area contributed by atoms with Gasteiger partial charge in [-0.1, -0.05) is 29.8 Å². The number of hydrogen-bond donors (Lipinski definition) is 2. The highest BCUT2D eigenvalue weighted by molar-refractivity contribution is 5.77. The summed E-state index contributed by atoms with van der Waals surface area (Å²) in [7, 11) is 0. The van der Waals surface area contributed by atoms with Crippen LogP contribution in [0.2, 0.25) is 0 Å². The lowest BCUT2D eigenvalue weighted by Gasteiger charge is -2.25. The molecule has 114 valence electrons. The second-order valence-electron chi connectivity index (χ2n) is 6.22. The number of ether oxygens (including phenoxy) is 1. The molecule has 2 aliphatic rings. The van der Waals surface area contributed by atoms with Crippen molar-refractivity contribution in [3.63, 3.8) is 0 Å². The third-order valence-corrected chi connectivity index (χ3v) is 4.28. The molecule has 0 bridgehead atoms. The monoisotopic (exact) mass is 288 g/mol. The normalized spacial score (nSPS) is 23.6. The maximum absolute atomic E-state index is 12.3. The van der Waals surface area contributed by atoms with Crippen LogP contribution in [-0.2, 0) is 9.53 Å². The Kier molecular flexibility index (Phi) is 4.56. The number of carbonyl (C=O) groups excluding carboxylic acids is 1. The molecular formula is C17H24N2O2. The van der Waals surface area contributed by atoms with Gasteiger partial charge in [0.25, 0.3) is 0 Å². The Morgan fingerprint density at radius 2 is 2.14 bits per heavy atom. The predicted molar refractivity (Wildman–Crippen MR) is 82.0 cm³/mol. The molecule has 0 aromatic heterocycles. The van der Waals surface area contributed by atoms with Crippen molar-refractivity contribution in [3.05, 3.63) is 35.4 Å². The van der Waals surface area contributed by atoms with Crippen molar-refractivity contribution < 1.29 is 9.53 Å². The van der Waals surface area contributed by atoms with Gasteiger partial charge in [0, 0.05) is 19.0 Å². The van der Waals surface area contributed by atoms with Gasteiger partial charge < -0.3 is 15.4 Å². The predicted octanol–water partition coefficient (Wildman–Crippen LogP) is 1.94. The molecule has 4 heteroatoms. The van der Waals surface area contributed by atoms with Crippen LogP contribution in [0.15, 0.2) is 24.3 Å². The summed E-state index contributed by atoms with van der Waals surface area (Å²) >= 11 is 0. The first-order valence-corrected chi connectivity index (χ1v) is 7.89. The number of amides is 1. The number of aryl methyl sites for hydroxylation is 1. The molecule has 1 aromatic rings. The summed E-state index contributed by atoms with van der Waals surface area (Å²) in [6.45, 7) is 4.30. The van der Waals surface area contributed by atoms with E-state index in [0.29, 0.717) is 18.9 Å². The van der Waals surface area contributed by atoms with Gasteiger partial charge in [-0.15, -0.1) is 0 Å². The number of hydrogen-bond acceptors (Lipinski definition) is 3. The van der Waals surface area contributed by atoms with Crippen LogP contribution < -0.4 is 10.6 Å². The summed E-state index contributed by atoms with van der Waals surface area (Å²) in [5.41, 5.74) is 2.48. The highest BCUT2D eigenvalue weighted by atomic mass is 16.5. The summed E-state index contributed by atoms with van der Waals surface area (Å²) < 4.78 is 5.40. The van der Waals surface area contributed by atoms with Gasteiger partial charge in [0.05, 0.1) is 19.3 Å². The van der Waals surface area contributed by atoms with E-state index in [9.17, 15) is 4.79 Å². The number of rotatable bonds is 5. The average Bonchev–Trinajstić information content (AvgIpc) is 3.31. The lowest BCUT2D eigenvalue weighted by molar-refractivity contribution is -0.123.